The molecule has 0 saturated carbocycles. The van der Waals surface area contributed by atoms with Gasteiger partial charge in [-0.05, 0) is 5.92 Å². The van der Waals surface area contributed by atoms with Gasteiger partial charge in [-0.2, -0.15) is 0 Å². The second-order valence-electron chi connectivity index (χ2n) is 3.27. The zero-order valence-corrected chi connectivity index (χ0v) is 9.05. The van der Waals surface area contributed by atoms with E-state index in [-0.39, 0.29) is 6.10 Å². The first kappa shape index (κ1) is 10.7. The third-order valence-corrected chi connectivity index (χ3v) is 3.26. The number of hydrogen-bond donors (Lipinski definition) is 1. The summed E-state index contributed by atoms with van der Waals surface area (Å²) < 4.78 is 0. The fraction of sp³-hybridized carbons (Fsp3) is 0.700. The van der Waals surface area contributed by atoms with Gasteiger partial charge in [0.15, 0.2) is 0 Å². The summed E-state index contributed by atoms with van der Waals surface area (Å²) in [6.45, 7) is 4.25. The van der Waals surface area contributed by atoms with Crippen molar-refractivity contribution in [1.82, 2.24) is 4.98 Å². The lowest BCUT2D eigenvalue weighted by Crippen LogP contribution is -2.21. The van der Waals surface area contributed by atoms with Crippen LogP contribution in [0.3, 0.4) is 0 Å². The van der Waals surface area contributed by atoms with Gasteiger partial charge in [0.2, 0.25) is 0 Å². The number of rotatable bonds is 5. The Labute approximate surface area is 83.6 Å². The Balaban J connectivity index is 2.44. The van der Waals surface area contributed by atoms with Crippen molar-refractivity contribution in [3.05, 3.63) is 16.6 Å². The summed E-state index contributed by atoms with van der Waals surface area (Å²) in [5.41, 5.74) is 0. The molecule has 74 valence electrons. The number of thiazole rings is 1. The number of aromatic nitrogens is 1. The zero-order valence-electron chi connectivity index (χ0n) is 8.23. The Morgan fingerprint density at radius 3 is 2.62 bits per heavy atom. The molecule has 0 saturated heterocycles. The summed E-state index contributed by atoms with van der Waals surface area (Å²) in [6, 6.07) is 0. The summed E-state index contributed by atoms with van der Waals surface area (Å²) in [6.07, 6.45) is 4.37. The topological polar surface area (TPSA) is 33.1 Å². The van der Waals surface area contributed by atoms with Gasteiger partial charge in [-0.25, -0.2) is 4.98 Å². The average Bonchev–Trinajstić information content (AvgIpc) is 2.59. The summed E-state index contributed by atoms with van der Waals surface area (Å²) in [7, 11) is 0. The van der Waals surface area contributed by atoms with Crippen molar-refractivity contribution in [2.75, 3.05) is 0 Å². The molecule has 1 atom stereocenters. The van der Waals surface area contributed by atoms with E-state index < -0.39 is 0 Å². The highest BCUT2D eigenvalue weighted by Gasteiger charge is 2.16. The summed E-state index contributed by atoms with van der Waals surface area (Å²) in [5.74, 6) is 0.420. The molecule has 3 heteroatoms. The molecule has 0 aromatic carbocycles. The van der Waals surface area contributed by atoms with Crippen LogP contribution >= 0.6 is 11.3 Å². The van der Waals surface area contributed by atoms with Crippen molar-refractivity contribution < 1.29 is 5.11 Å². The standard InChI is InChI=1S/C10H17NOS/c1-3-8(4-2)9(12)7-10-11-5-6-13-10/h5-6,8-9,12H,3-4,7H2,1-2H3. The molecule has 0 amide bonds. The van der Waals surface area contributed by atoms with Gasteiger partial charge in [0.1, 0.15) is 0 Å². The molecule has 1 N–H and O–H groups in total. The van der Waals surface area contributed by atoms with Crippen LogP contribution in [0.25, 0.3) is 0 Å². The fourth-order valence-corrected chi connectivity index (χ4v) is 2.20. The molecule has 0 aliphatic carbocycles. The van der Waals surface area contributed by atoms with Crippen molar-refractivity contribution in [2.45, 2.75) is 39.2 Å². The monoisotopic (exact) mass is 199 g/mol. The highest BCUT2D eigenvalue weighted by molar-refractivity contribution is 7.09. The van der Waals surface area contributed by atoms with Crippen molar-refractivity contribution in [2.24, 2.45) is 5.92 Å². The highest BCUT2D eigenvalue weighted by atomic mass is 32.1. The van der Waals surface area contributed by atoms with E-state index in [1.54, 1.807) is 17.5 Å². The predicted octanol–water partition coefficient (Wildman–Crippen LogP) is 2.48. The number of hydrogen-bond acceptors (Lipinski definition) is 3. The van der Waals surface area contributed by atoms with Crippen molar-refractivity contribution in [3.8, 4) is 0 Å². The van der Waals surface area contributed by atoms with E-state index >= 15 is 0 Å². The van der Waals surface area contributed by atoms with Crippen LogP contribution in [-0.2, 0) is 6.42 Å². The van der Waals surface area contributed by atoms with Crippen LogP contribution in [-0.4, -0.2) is 16.2 Å². The van der Waals surface area contributed by atoms with E-state index in [0.29, 0.717) is 12.3 Å². The van der Waals surface area contributed by atoms with Crippen LogP contribution in [0.1, 0.15) is 31.7 Å². The van der Waals surface area contributed by atoms with Crippen LogP contribution in [0.5, 0.6) is 0 Å². The molecule has 0 spiro atoms. The van der Waals surface area contributed by atoms with Gasteiger partial charge >= 0.3 is 0 Å². The van der Waals surface area contributed by atoms with Crippen LogP contribution in [0, 0.1) is 5.92 Å². The largest absolute Gasteiger partial charge is 0.392 e. The van der Waals surface area contributed by atoms with E-state index in [9.17, 15) is 5.11 Å². The Hall–Kier alpha value is -0.410. The van der Waals surface area contributed by atoms with E-state index in [1.807, 2.05) is 5.38 Å². The Morgan fingerprint density at radius 2 is 2.15 bits per heavy atom. The first-order chi connectivity index (χ1) is 6.27. The minimum Gasteiger partial charge on any atom is -0.392 e. The van der Waals surface area contributed by atoms with E-state index in [4.69, 9.17) is 0 Å². The van der Waals surface area contributed by atoms with Gasteiger partial charge in [-0.1, -0.05) is 26.7 Å². The van der Waals surface area contributed by atoms with Gasteiger partial charge in [0, 0.05) is 18.0 Å². The Morgan fingerprint density at radius 1 is 1.46 bits per heavy atom. The molecule has 1 heterocycles. The maximum absolute atomic E-state index is 9.85. The fourth-order valence-electron chi connectivity index (χ4n) is 1.53. The zero-order chi connectivity index (χ0) is 9.68. The molecule has 0 aliphatic heterocycles. The molecule has 1 unspecified atom stereocenters. The molecule has 13 heavy (non-hydrogen) atoms. The van der Waals surface area contributed by atoms with Crippen LogP contribution in [0.15, 0.2) is 11.6 Å². The molecule has 0 radical (unpaired) electrons. The number of aliphatic hydroxyl groups excluding tert-OH is 1. The molecule has 0 bridgehead atoms. The molecule has 1 aromatic rings. The van der Waals surface area contributed by atoms with Gasteiger partial charge in [-0.15, -0.1) is 11.3 Å². The maximum atomic E-state index is 9.85. The lowest BCUT2D eigenvalue weighted by Gasteiger charge is -2.18. The SMILES string of the molecule is CCC(CC)C(O)Cc1nccs1. The minimum atomic E-state index is -0.221. The van der Waals surface area contributed by atoms with Gasteiger partial charge in [0.05, 0.1) is 11.1 Å². The van der Waals surface area contributed by atoms with Crippen molar-refractivity contribution in [3.63, 3.8) is 0 Å². The summed E-state index contributed by atoms with van der Waals surface area (Å²) >= 11 is 1.62. The number of aliphatic hydroxyl groups is 1. The molecule has 0 aliphatic rings. The maximum Gasteiger partial charge on any atom is 0.0950 e. The molecule has 0 fully saturated rings. The van der Waals surface area contributed by atoms with Gasteiger partial charge in [-0.3, -0.25) is 0 Å². The predicted molar refractivity (Wildman–Crippen MR) is 55.9 cm³/mol. The highest BCUT2D eigenvalue weighted by Crippen LogP contribution is 2.17. The van der Waals surface area contributed by atoms with E-state index in [0.717, 1.165) is 17.8 Å². The Bertz CT molecular complexity index is 219. The quantitative estimate of drug-likeness (QED) is 0.790. The minimum absolute atomic E-state index is 0.221. The smallest absolute Gasteiger partial charge is 0.0950 e. The number of nitrogens with zero attached hydrogens (tertiary/aromatic N) is 1. The summed E-state index contributed by atoms with van der Waals surface area (Å²) in [5, 5.41) is 12.8. The molecule has 1 rings (SSSR count). The van der Waals surface area contributed by atoms with Crippen molar-refractivity contribution >= 4 is 11.3 Å². The third kappa shape index (κ3) is 3.08. The molecule has 1 aromatic heterocycles. The first-order valence-electron chi connectivity index (χ1n) is 4.84. The van der Waals surface area contributed by atoms with Crippen LogP contribution in [0.4, 0.5) is 0 Å². The Kier molecular flexibility index (Phi) is 4.39. The van der Waals surface area contributed by atoms with Crippen LogP contribution in [0.2, 0.25) is 0 Å². The second-order valence-corrected chi connectivity index (χ2v) is 4.25. The second kappa shape index (κ2) is 5.35. The van der Waals surface area contributed by atoms with E-state index in [2.05, 4.69) is 18.8 Å². The average molecular weight is 199 g/mol. The normalized spacial score (nSPS) is 13.5. The third-order valence-electron chi connectivity index (χ3n) is 2.46. The molecular weight excluding hydrogens is 182 g/mol. The van der Waals surface area contributed by atoms with Crippen LogP contribution < -0.4 is 0 Å². The van der Waals surface area contributed by atoms with E-state index in [1.165, 1.54) is 0 Å². The lowest BCUT2D eigenvalue weighted by molar-refractivity contribution is 0.103. The van der Waals surface area contributed by atoms with Gasteiger partial charge in [0.25, 0.3) is 0 Å². The molecule has 2 nitrogen and oxygen atoms in total. The lowest BCUT2D eigenvalue weighted by atomic mass is 9.95. The van der Waals surface area contributed by atoms with Gasteiger partial charge < -0.3 is 5.11 Å². The first-order valence-corrected chi connectivity index (χ1v) is 5.72. The molecular formula is C10H17NOS. The van der Waals surface area contributed by atoms with Crippen molar-refractivity contribution in [1.29, 1.82) is 0 Å². The summed E-state index contributed by atoms with van der Waals surface area (Å²) in [4.78, 5) is 4.17.